The van der Waals surface area contributed by atoms with E-state index in [0.717, 1.165) is 50.2 Å². The number of nitrogens with one attached hydrogen (secondary N) is 1. The Morgan fingerprint density at radius 2 is 2.32 bits per heavy atom. The van der Waals surface area contributed by atoms with E-state index in [2.05, 4.69) is 17.5 Å². The number of nitrogens with zero attached hydrogens (tertiary/aromatic N) is 1. The van der Waals surface area contributed by atoms with Gasteiger partial charge in [0.05, 0.1) is 6.04 Å². The number of carbonyl (C=O) groups excluding carboxylic acids is 1. The largest absolute Gasteiger partial charge is 0.461 e. The molecule has 3 rings (SSSR count). The first-order valence-electron chi connectivity index (χ1n) is 8.09. The van der Waals surface area contributed by atoms with Gasteiger partial charge in [0.1, 0.15) is 18.1 Å². The number of hydrogen-bond donors (Lipinski definition) is 1. The summed E-state index contributed by atoms with van der Waals surface area (Å²) in [6.45, 7) is 1.25. The van der Waals surface area contributed by atoms with Crippen LogP contribution in [0, 0.1) is 0 Å². The van der Waals surface area contributed by atoms with Gasteiger partial charge in [0, 0.05) is 19.7 Å². The van der Waals surface area contributed by atoms with Gasteiger partial charge in [-0.25, -0.2) is 4.79 Å². The molecule has 0 saturated carbocycles. The third-order valence-electron chi connectivity index (χ3n) is 4.37. The van der Waals surface area contributed by atoms with Crippen LogP contribution in [0.4, 0.5) is 4.79 Å². The van der Waals surface area contributed by atoms with Crippen LogP contribution in [0.3, 0.4) is 0 Å². The van der Waals surface area contributed by atoms with E-state index in [1.165, 1.54) is 0 Å². The van der Waals surface area contributed by atoms with Crippen molar-refractivity contribution >= 4 is 6.03 Å². The number of likely N-dealkylation sites (tertiary alicyclic amines) is 1. The molecular weight excluding hydrogens is 280 g/mol. The van der Waals surface area contributed by atoms with Gasteiger partial charge in [-0.3, -0.25) is 0 Å². The van der Waals surface area contributed by atoms with Crippen LogP contribution in [0.1, 0.15) is 49.7 Å². The average molecular weight is 304 g/mol. The SMILES string of the molecule is COCc1ccc(C2CCCN2C(=O)NC2C=CCCC2)o1. The Hall–Kier alpha value is -1.75. The predicted octanol–water partition coefficient (Wildman–Crippen LogP) is 3.38. The maximum Gasteiger partial charge on any atom is 0.318 e. The number of methoxy groups -OCH3 is 1. The molecule has 1 aliphatic carbocycles. The van der Waals surface area contributed by atoms with Crippen molar-refractivity contribution in [1.82, 2.24) is 10.2 Å². The molecule has 1 N–H and O–H groups in total. The molecule has 120 valence electrons. The first-order chi connectivity index (χ1) is 10.8. The van der Waals surface area contributed by atoms with Crippen LogP contribution >= 0.6 is 0 Å². The molecule has 0 radical (unpaired) electrons. The summed E-state index contributed by atoms with van der Waals surface area (Å²) in [7, 11) is 1.65. The van der Waals surface area contributed by atoms with Gasteiger partial charge < -0.3 is 19.4 Å². The zero-order chi connectivity index (χ0) is 15.4. The summed E-state index contributed by atoms with van der Waals surface area (Å²) >= 11 is 0. The van der Waals surface area contributed by atoms with Crippen molar-refractivity contribution in [1.29, 1.82) is 0 Å². The van der Waals surface area contributed by atoms with E-state index >= 15 is 0 Å². The Labute approximate surface area is 131 Å². The summed E-state index contributed by atoms with van der Waals surface area (Å²) in [6.07, 6.45) is 9.51. The molecule has 1 aromatic heterocycles. The molecule has 0 spiro atoms. The van der Waals surface area contributed by atoms with Crippen molar-refractivity contribution in [3.63, 3.8) is 0 Å². The number of rotatable bonds is 4. The normalized spacial score (nSPS) is 24.7. The summed E-state index contributed by atoms with van der Waals surface area (Å²) in [6, 6.07) is 4.12. The highest BCUT2D eigenvalue weighted by atomic mass is 16.5. The minimum absolute atomic E-state index is 0.0174. The van der Waals surface area contributed by atoms with E-state index in [-0.39, 0.29) is 18.1 Å². The number of amides is 2. The lowest BCUT2D eigenvalue weighted by atomic mass is 10.0. The van der Waals surface area contributed by atoms with E-state index < -0.39 is 0 Å². The lowest BCUT2D eigenvalue weighted by molar-refractivity contribution is 0.155. The average Bonchev–Trinajstić information content (AvgIpc) is 3.17. The van der Waals surface area contributed by atoms with Crippen LogP contribution in [0.15, 0.2) is 28.7 Å². The number of urea groups is 1. The molecule has 2 amide bonds. The van der Waals surface area contributed by atoms with Crippen LogP contribution in [-0.4, -0.2) is 30.6 Å². The first kappa shape index (κ1) is 15.2. The predicted molar refractivity (Wildman–Crippen MR) is 83.4 cm³/mol. The maximum atomic E-state index is 12.5. The number of allylic oxidation sites excluding steroid dienone is 1. The molecular formula is C17H24N2O3. The van der Waals surface area contributed by atoms with Gasteiger partial charge in [-0.2, -0.15) is 0 Å². The number of furan rings is 1. The summed E-state index contributed by atoms with van der Waals surface area (Å²) in [5, 5.41) is 3.13. The van der Waals surface area contributed by atoms with E-state index in [1.807, 2.05) is 17.0 Å². The fraction of sp³-hybridized carbons (Fsp3) is 0.588. The maximum absolute atomic E-state index is 12.5. The topological polar surface area (TPSA) is 54.7 Å². The van der Waals surface area contributed by atoms with Crippen molar-refractivity contribution in [2.45, 2.75) is 50.8 Å². The molecule has 2 unspecified atom stereocenters. The Morgan fingerprint density at radius 3 is 3.09 bits per heavy atom. The van der Waals surface area contributed by atoms with E-state index in [1.54, 1.807) is 7.11 Å². The summed E-state index contributed by atoms with van der Waals surface area (Å²) in [5.74, 6) is 1.67. The second kappa shape index (κ2) is 7.01. The van der Waals surface area contributed by atoms with Gasteiger partial charge in [-0.15, -0.1) is 0 Å². The molecule has 0 bridgehead atoms. The fourth-order valence-electron chi connectivity index (χ4n) is 3.27. The van der Waals surface area contributed by atoms with Crippen molar-refractivity contribution < 1.29 is 13.9 Å². The molecule has 5 nitrogen and oxygen atoms in total. The number of ether oxygens (including phenoxy) is 1. The second-order valence-electron chi connectivity index (χ2n) is 6.00. The van der Waals surface area contributed by atoms with Gasteiger partial charge in [-0.05, 0) is 44.2 Å². The lowest BCUT2D eigenvalue weighted by Gasteiger charge is -2.26. The highest BCUT2D eigenvalue weighted by molar-refractivity contribution is 5.75. The standard InChI is InChI=1S/C17H24N2O3/c1-21-12-14-9-10-16(22-14)15-8-5-11-19(15)17(20)18-13-6-3-2-4-7-13/h3,6,9-10,13,15H,2,4-5,7-8,11-12H2,1H3,(H,18,20). The van der Waals surface area contributed by atoms with Crippen LogP contribution in [0.25, 0.3) is 0 Å². The monoisotopic (exact) mass is 304 g/mol. The highest BCUT2D eigenvalue weighted by Gasteiger charge is 2.32. The van der Waals surface area contributed by atoms with Crippen molar-refractivity contribution in [3.8, 4) is 0 Å². The minimum atomic E-state index is 0.0174. The molecule has 22 heavy (non-hydrogen) atoms. The van der Waals surface area contributed by atoms with Gasteiger partial charge in [0.25, 0.3) is 0 Å². The quantitative estimate of drug-likeness (QED) is 0.868. The molecule has 2 heterocycles. The zero-order valence-electron chi connectivity index (χ0n) is 13.1. The lowest BCUT2D eigenvalue weighted by Crippen LogP contribution is -2.44. The smallest absolute Gasteiger partial charge is 0.318 e. The summed E-state index contributed by atoms with van der Waals surface area (Å²) in [5.41, 5.74) is 0. The molecule has 5 heteroatoms. The van der Waals surface area contributed by atoms with Gasteiger partial charge >= 0.3 is 6.03 Å². The molecule has 1 saturated heterocycles. The third kappa shape index (κ3) is 3.35. The van der Waals surface area contributed by atoms with Crippen LogP contribution < -0.4 is 5.32 Å². The zero-order valence-corrected chi connectivity index (χ0v) is 13.1. The molecule has 0 aromatic carbocycles. The van der Waals surface area contributed by atoms with E-state index in [0.29, 0.717) is 6.61 Å². The molecule has 1 aliphatic heterocycles. The van der Waals surface area contributed by atoms with Crippen LogP contribution in [0.5, 0.6) is 0 Å². The van der Waals surface area contributed by atoms with Crippen LogP contribution in [-0.2, 0) is 11.3 Å². The fourth-order valence-corrected chi connectivity index (χ4v) is 3.27. The van der Waals surface area contributed by atoms with Crippen molar-refractivity contribution in [2.75, 3.05) is 13.7 Å². The van der Waals surface area contributed by atoms with Crippen LogP contribution in [0.2, 0.25) is 0 Å². The number of hydrogen-bond acceptors (Lipinski definition) is 3. The third-order valence-corrected chi connectivity index (χ3v) is 4.37. The van der Waals surface area contributed by atoms with E-state index in [4.69, 9.17) is 9.15 Å². The number of carbonyl (C=O) groups is 1. The van der Waals surface area contributed by atoms with Gasteiger partial charge in [-0.1, -0.05) is 12.2 Å². The van der Waals surface area contributed by atoms with E-state index in [9.17, 15) is 4.79 Å². The molecule has 2 aliphatic rings. The summed E-state index contributed by atoms with van der Waals surface area (Å²) in [4.78, 5) is 14.4. The molecule has 2 atom stereocenters. The molecule has 1 fully saturated rings. The minimum Gasteiger partial charge on any atom is -0.461 e. The Morgan fingerprint density at radius 1 is 1.41 bits per heavy atom. The van der Waals surface area contributed by atoms with Gasteiger partial charge in [0.15, 0.2) is 0 Å². The van der Waals surface area contributed by atoms with Crippen molar-refractivity contribution in [2.24, 2.45) is 0 Å². The Kier molecular flexibility index (Phi) is 4.83. The Balaban J connectivity index is 1.65. The van der Waals surface area contributed by atoms with Crippen molar-refractivity contribution in [3.05, 3.63) is 35.8 Å². The molecule has 1 aromatic rings. The van der Waals surface area contributed by atoms with Gasteiger partial charge in [0.2, 0.25) is 0 Å². The Bertz CT molecular complexity index is 538. The second-order valence-corrected chi connectivity index (χ2v) is 6.00. The summed E-state index contributed by atoms with van der Waals surface area (Å²) < 4.78 is 10.9. The first-order valence-corrected chi connectivity index (χ1v) is 8.09. The highest BCUT2D eigenvalue weighted by Crippen LogP contribution is 2.33.